The van der Waals surface area contributed by atoms with Crippen molar-refractivity contribution >= 4 is 10.0 Å². The summed E-state index contributed by atoms with van der Waals surface area (Å²) in [5.74, 6) is -0.326. The minimum atomic E-state index is -5.26. The highest BCUT2D eigenvalue weighted by atomic mass is 32.2. The first kappa shape index (κ1) is 14.0. The lowest BCUT2D eigenvalue weighted by molar-refractivity contribution is -0.0447. The predicted molar refractivity (Wildman–Crippen MR) is 57.8 cm³/mol. The van der Waals surface area contributed by atoms with E-state index in [0.717, 1.165) is 5.56 Å². The number of halogens is 3. The van der Waals surface area contributed by atoms with E-state index in [1.54, 1.807) is 42.0 Å². The number of hydrogen-bond donors (Lipinski definition) is 1. The summed E-state index contributed by atoms with van der Waals surface area (Å²) in [6.45, 7) is 1.36. The molecule has 0 saturated carbocycles. The number of hydrogen-bond acceptors (Lipinski definition) is 2. The van der Waals surface area contributed by atoms with Gasteiger partial charge in [0, 0.05) is 6.54 Å². The second-order valence-corrected chi connectivity index (χ2v) is 5.37. The quantitative estimate of drug-likeness (QED) is 0.909. The van der Waals surface area contributed by atoms with Crippen LogP contribution in [0.3, 0.4) is 0 Å². The summed E-state index contributed by atoms with van der Waals surface area (Å²) in [4.78, 5) is 0. The molecule has 0 bridgehead atoms. The molecule has 0 heterocycles. The third-order valence-corrected chi connectivity index (χ3v) is 3.41. The van der Waals surface area contributed by atoms with E-state index in [1.165, 1.54) is 0 Å². The molecule has 1 atom stereocenters. The molecule has 96 valence electrons. The minimum Gasteiger partial charge on any atom is -0.207 e. The molecule has 17 heavy (non-hydrogen) atoms. The molecule has 0 radical (unpaired) electrons. The summed E-state index contributed by atoms with van der Waals surface area (Å²) in [5.41, 5.74) is -4.49. The van der Waals surface area contributed by atoms with Gasteiger partial charge in [-0.25, -0.2) is 13.1 Å². The van der Waals surface area contributed by atoms with Crippen LogP contribution in [0.5, 0.6) is 0 Å². The van der Waals surface area contributed by atoms with Crippen molar-refractivity contribution in [3.63, 3.8) is 0 Å². The van der Waals surface area contributed by atoms with Gasteiger partial charge >= 0.3 is 15.5 Å². The largest absolute Gasteiger partial charge is 0.511 e. The average molecular weight is 267 g/mol. The lowest BCUT2D eigenvalue weighted by atomic mass is 10.0. The Kier molecular flexibility index (Phi) is 4.16. The van der Waals surface area contributed by atoms with Crippen LogP contribution in [0.15, 0.2) is 30.3 Å². The normalized spacial score (nSPS) is 14.6. The van der Waals surface area contributed by atoms with Gasteiger partial charge < -0.3 is 0 Å². The van der Waals surface area contributed by atoms with E-state index >= 15 is 0 Å². The molecule has 0 fully saturated rings. The second-order valence-electron chi connectivity index (χ2n) is 3.61. The maximum atomic E-state index is 12.0. The molecule has 1 aromatic carbocycles. The monoisotopic (exact) mass is 267 g/mol. The first-order valence-electron chi connectivity index (χ1n) is 4.85. The zero-order valence-electron chi connectivity index (χ0n) is 9.03. The molecule has 7 heteroatoms. The molecule has 0 aliphatic rings. The third kappa shape index (κ3) is 3.71. The van der Waals surface area contributed by atoms with Crippen LogP contribution >= 0.6 is 0 Å². The fourth-order valence-corrected chi connectivity index (χ4v) is 1.85. The molecule has 0 aliphatic heterocycles. The Morgan fingerprint density at radius 2 is 1.76 bits per heavy atom. The summed E-state index contributed by atoms with van der Waals surface area (Å²) in [5, 5.41) is 0. The van der Waals surface area contributed by atoms with Crippen LogP contribution in [0.25, 0.3) is 0 Å². The Morgan fingerprint density at radius 3 is 2.24 bits per heavy atom. The highest BCUT2D eigenvalue weighted by Crippen LogP contribution is 2.22. The molecule has 1 N–H and O–H groups in total. The van der Waals surface area contributed by atoms with Gasteiger partial charge in [-0.1, -0.05) is 37.3 Å². The van der Waals surface area contributed by atoms with Gasteiger partial charge in [-0.3, -0.25) is 0 Å². The van der Waals surface area contributed by atoms with E-state index in [0.29, 0.717) is 0 Å². The van der Waals surface area contributed by atoms with Gasteiger partial charge in [-0.2, -0.15) is 13.2 Å². The number of rotatable bonds is 4. The van der Waals surface area contributed by atoms with Crippen LogP contribution in [-0.4, -0.2) is 20.5 Å². The predicted octanol–water partition coefficient (Wildman–Crippen LogP) is 2.23. The smallest absolute Gasteiger partial charge is 0.207 e. The Balaban J connectivity index is 2.64. The van der Waals surface area contributed by atoms with Gasteiger partial charge in [0.25, 0.3) is 0 Å². The first-order chi connectivity index (χ1) is 7.74. The van der Waals surface area contributed by atoms with Crippen LogP contribution in [0.2, 0.25) is 0 Å². The van der Waals surface area contributed by atoms with Crippen molar-refractivity contribution < 1.29 is 21.6 Å². The molecule has 0 spiro atoms. The number of nitrogens with one attached hydrogen (secondary N) is 1. The van der Waals surface area contributed by atoms with E-state index in [-0.39, 0.29) is 12.5 Å². The third-order valence-electron chi connectivity index (χ3n) is 2.25. The van der Waals surface area contributed by atoms with Crippen LogP contribution < -0.4 is 4.72 Å². The van der Waals surface area contributed by atoms with Crippen LogP contribution in [-0.2, 0) is 10.0 Å². The Hall–Kier alpha value is -1.08. The van der Waals surface area contributed by atoms with Gasteiger partial charge in [-0.05, 0) is 11.5 Å². The second kappa shape index (κ2) is 5.05. The van der Waals surface area contributed by atoms with Crippen molar-refractivity contribution in [2.75, 3.05) is 6.54 Å². The fraction of sp³-hybridized carbons (Fsp3) is 0.400. The van der Waals surface area contributed by atoms with Crippen LogP contribution in [0, 0.1) is 0 Å². The minimum absolute atomic E-state index is 0.286. The van der Waals surface area contributed by atoms with Crippen molar-refractivity contribution in [2.45, 2.75) is 18.3 Å². The van der Waals surface area contributed by atoms with Crippen molar-refractivity contribution in [2.24, 2.45) is 0 Å². The molecular weight excluding hydrogens is 255 g/mol. The molecule has 1 rings (SSSR count). The van der Waals surface area contributed by atoms with Gasteiger partial charge in [-0.15, -0.1) is 0 Å². The molecule has 3 nitrogen and oxygen atoms in total. The van der Waals surface area contributed by atoms with Crippen molar-refractivity contribution in [3.8, 4) is 0 Å². The summed E-state index contributed by atoms with van der Waals surface area (Å²) >= 11 is 0. The summed E-state index contributed by atoms with van der Waals surface area (Å²) in [7, 11) is -5.25. The number of sulfonamides is 1. The van der Waals surface area contributed by atoms with Crippen LogP contribution in [0.1, 0.15) is 18.4 Å². The molecular formula is C10H12F3NO2S. The number of alkyl halides is 3. The van der Waals surface area contributed by atoms with Gasteiger partial charge in [0.1, 0.15) is 0 Å². The van der Waals surface area contributed by atoms with Gasteiger partial charge in [0.05, 0.1) is 0 Å². The highest BCUT2D eigenvalue weighted by Gasteiger charge is 2.45. The molecule has 1 unspecified atom stereocenters. The Morgan fingerprint density at radius 1 is 1.24 bits per heavy atom. The van der Waals surface area contributed by atoms with Gasteiger partial charge in [0.2, 0.25) is 0 Å². The lowest BCUT2D eigenvalue weighted by Gasteiger charge is -2.14. The fourth-order valence-electron chi connectivity index (χ4n) is 1.22. The SMILES string of the molecule is CC(CNS(=O)(=O)C(F)(F)F)c1ccccc1. The maximum absolute atomic E-state index is 12.0. The molecule has 0 aromatic heterocycles. The summed E-state index contributed by atoms with van der Waals surface area (Å²) in [6.07, 6.45) is 0. The van der Waals surface area contributed by atoms with Crippen molar-refractivity contribution in [3.05, 3.63) is 35.9 Å². The van der Waals surface area contributed by atoms with Crippen molar-refractivity contribution in [1.82, 2.24) is 4.72 Å². The summed E-state index contributed by atoms with van der Waals surface area (Å²) < 4.78 is 59.2. The Bertz CT molecular complexity index is 456. The molecule has 0 aliphatic carbocycles. The topological polar surface area (TPSA) is 46.2 Å². The van der Waals surface area contributed by atoms with E-state index in [1.807, 2.05) is 0 Å². The van der Waals surface area contributed by atoms with E-state index in [9.17, 15) is 21.6 Å². The first-order valence-corrected chi connectivity index (χ1v) is 6.33. The van der Waals surface area contributed by atoms with Crippen molar-refractivity contribution in [1.29, 1.82) is 0 Å². The molecule has 0 saturated heterocycles. The van der Waals surface area contributed by atoms with E-state index in [2.05, 4.69) is 0 Å². The lowest BCUT2D eigenvalue weighted by Crippen LogP contribution is -2.38. The highest BCUT2D eigenvalue weighted by molar-refractivity contribution is 7.90. The standard InChI is InChI=1S/C10H12F3NO2S/c1-8(9-5-3-2-4-6-9)7-14-17(15,16)10(11,12)13/h2-6,8,14H,7H2,1H3. The van der Waals surface area contributed by atoms with Gasteiger partial charge in [0.15, 0.2) is 0 Å². The number of benzene rings is 1. The van der Waals surface area contributed by atoms with E-state index in [4.69, 9.17) is 0 Å². The zero-order valence-corrected chi connectivity index (χ0v) is 9.85. The molecule has 0 amide bonds. The zero-order chi connectivity index (χ0) is 13.1. The van der Waals surface area contributed by atoms with E-state index < -0.39 is 15.5 Å². The molecule has 1 aromatic rings. The van der Waals surface area contributed by atoms with Crippen LogP contribution in [0.4, 0.5) is 13.2 Å². The maximum Gasteiger partial charge on any atom is 0.511 e. The Labute approximate surface area is 97.7 Å². The summed E-state index contributed by atoms with van der Waals surface area (Å²) in [6, 6.07) is 8.71. The average Bonchev–Trinajstić information content (AvgIpc) is 2.25.